The minimum absolute atomic E-state index is 0.177. The van der Waals surface area contributed by atoms with Crippen LogP contribution in [0.25, 0.3) is 0 Å². The molecule has 4 unspecified atom stereocenters. The van der Waals surface area contributed by atoms with E-state index >= 15 is 0 Å². The Bertz CT molecular complexity index is 939. The van der Waals surface area contributed by atoms with Gasteiger partial charge in [0.15, 0.2) is 0 Å². The first-order valence-corrected chi connectivity index (χ1v) is 11.5. The van der Waals surface area contributed by atoms with E-state index in [1.807, 2.05) is 39.0 Å². The zero-order chi connectivity index (χ0) is 25.8. The molecule has 188 valence electrons. The molecule has 0 aliphatic heterocycles. The molecule has 1 saturated carbocycles. The predicted octanol–water partition coefficient (Wildman–Crippen LogP) is 2.78. The number of benzene rings is 1. The SMILES string of the molecule is COC(=O)CNC(=O)C(c1cc(C)ccc1C)N(C(=O)C(C)NC(=O)OC(C)(C)C)C1CC1C. The van der Waals surface area contributed by atoms with Gasteiger partial charge in [-0.05, 0) is 65.0 Å². The van der Waals surface area contributed by atoms with Crippen LogP contribution in [-0.4, -0.2) is 60.1 Å². The normalized spacial score (nSPS) is 18.8. The van der Waals surface area contributed by atoms with E-state index < -0.39 is 41.6 Å². The molecule has 1 aromatic rings. The van der Waals surface area contributed by atoms with E-state index in [1.54, 1.807) is 32.6 Å². The number of carbonyl (C=O) groups excluding carboxylic acids is 4. The Labute approximate surface area is 201 Å². The minimum atomic E-state index is -0.977. The molecule has 0 heterocycles. The second-order valence-corrected chi connectivity index (χ2v) is 9.95. The lowest BCUT2D eigenvalue weighted by Crippen LogP contribution is -2.53. The summed E-state index contributed by atoms with van der Waals surface area (Å²) in [7, 11) is 1.24. The average molecular weight is 476 g/mol. The van der Waals surface area contributed by atoms with E-state index in [0.29, 0.717) is 5.56 Å². The molecule has 3 amide bonds. The molecule has 9 nitrogen and oxygen atoms in total. The number of alkyl carbamates (subject to hydrolysis) is 1. The highest BCUT2D eigenvalue weighted by Gasteiger charge is 2.48. The fourth-order valence-corrected chi connectivity index (χ4v) is 3.74. The highest BCUT2D eigenvalue weighted by Crippen LogP contribution is 2.41. The maximum absolute atomic E-state index is 13.7. The maximum atomic E-state index is 13.7. The van der Waals surface area contributed by atoms with Crippen molar-refractivity contribution in [2.75, 3.05) is 13.7 Å². The van der Waals surface area contributed by atoms with Crippen LogP contribution in [0.5, 0.6) is 0 Å². The second-order valence-electron chi connectivity index (χ2n) is 9.95. The molecule has 2 N–H and O–H groups in total. The zero-order valence-electron chi connectivity index (χ0n) is 21.4. The van der Waals surface area contributed by atoms with Crippen molar-refractivity contribution < 1.29 is 28.7 Å². The van der Waals surface area contributed by atoms with E-state index in [2.05, 4.69) is 15.4 Å². The highest BCUT2D eigenvalue weighted by molar-refractivity contribution is 5.93. The minimum Gasteiger partial charge on any atom is -0.468 e. The largest absolute Gasteiger partial charge is 0.468 e. The van der Waals surface area contributed by atoms with Crippen LogP contribution >= 0.6 is 0 Å². The summed E-state index contributed by atoms with van der Waals surface area (Å²) in [6.45, 7) is 12.2. The molecule has 2 rings (SSSR count). The van der Waals surface area contributed by atoms with Crippen molar-refractivity contribution in [1.82, 2.24) is 15.5 Å². The molecule has 0 radical (unpaired) electrons. The van der Waals surface area contributed by atoms with Crippen LogP contribution in [0.3, 0.4) is 0 Å². The van der Waals surface area contributed by atoms with Gasteiger partial charge in [0.2, 0.25) is 11.8 Å². The first-order chi connectivity index (χ1) is 15.7. The van der Waals surface area contributed by atoms with Gasteiger partial charge in [0.25, 0.3) is 0 Å². The Balaban J connectivity index is 2.42. The highest BCUT2D eigenvalue weighted by atomic mass is 16.6. The Hall–Kier alpha value is -3.10. The Morgan fingerprint density at radius 2 is 1.79 bits per heavy atom. The maximum Gasteiger partial charge on any atom is 0.408 e. The second kappa shape index (κ2) is 10.9. The summed E-state index contributed by atoms with van der Waals surface area (Å²) in [6, 6.07) is 3.62. The Kier molecular flexibility index (Phi) is 8.69. The summed E-state index contributed by atoms with van der Waals surface area (Å²) < 4.78 is 9.93. The molecule has 0 bridgehead atoms. The van der Waals surface area contributed by atoms with Crippen molar-refractivity contribution in [1.29, 1.82) is 0 Å². The lowest BCUT2D eigenvalue weighted by Gasteiger charge is -2.35. The van der Waals surface area contributed by atoms with Crippen LogP contribution in [0.4, 0.5) is 4.79 Å². The molecule has 0 aromatic heterocycles. The van der Waals surface area contributed by atoms with Crippen LogP contribution in [0, 0.1) is 19.8 Å². The van der Waals surface area contributed by atoms with Gasteiger partial charge in [-0.25, -0.2) is 4.79 Å². The fourth-order valence-electron chi connectivity index (χ4n) is 3.74. The van der Waals surface area contributed by atoms with E-state index in [4.69, 9.17) is 4.74 Å². The Morgan fingerprint density at radius 1 is 1.18 bits per heavy atom. The van der Waals surface area contributed by atoms with E-state index in [0.717, 1.165) is 17.5 Å². The van der Waals surface area contributed by atoms with E-state index in [1.165, 1.54) is 7.11 Å². The van der Waals surface area contributed by atoms with Crippen molar-refractivity contribution in [3.8, 4) is 0 Å². The van der Waals surface area contributed by atoms with Crippen molar-refractivity contribution in [2.24, 2.45) is 5.92 Å². The van der Waals surface area contributed by atoms with Crippen LogP contribution in [0.15, 0.2) is 18.2 Å². The molecule has 0 saturated heterocycles. The van der Waals surface area contributed by atoms with Gasteiger partial charge in [-0.3, -0.25) is 14.4 Å². The third-order valence-corrected chi connectivity index (χ3v) is 5.67. The first kappa shape index (κ1) is 27.1. The molecule has 1 aromatic carbocycles. The zero-order valence-corrected chi connectivity index (χ0v) is 21.4. The van der Waals surface area contributed by atoms with Gasteiger partial charge in [-0.2, -0.15) is 0 Å². The molecule has 0 spiro atoms. The summed E-state index contributed by atoms with van der Waals surface area (Å²) in [5, 5.41) is 5.19. The molecule has 9 heteroatoms. The monoisotopic (exact) mass is 475 g/mol. The molecular weight excluding hydrogens is 438 g/mol. The smallest absolute Gasteiger partial charge is 0.408 e. The van der Waals surface area contributed by atoms with Crippen molar-refractivity contribution in [3.63, 3.8) is 0 Å². The number of methoxy groups -OCH3 is 1. The van der Waals surface area contributed by atoms with Crippen molar-refractivity contribution in [3.05, 3.63) is 34.9 Å². The summed E-state index contributed by atoms with van der Waals surface area (Å²) >= 11 is 0. The van der Waals surface area contributed by atoms with E-state index in [-0.39, 0.29) is 18.5 Å². The standard InChI is InChI=1S/C25H37N3O6/c1-14-9-10-15(2)18(11-14)21(22(30)26-13-20(29)33-8)28(19-12-16(19)3)23(31)17(4)27-24(32)34-25(5,6)7/h9-11,16-17,19,21H,12-13H2,1-8H3,(H,26,30)(H,27,32). The summed E-state index contributed by atoms with van der Waals surface area (Å²) in [4.78, 5) is 52.6. The molecular formula is C25H37N3O6. The van der Waals surface area contributed by atoms with Crippen molar-refractivity contribution >= 4 is 23.9 Å². The van der Waals surface area contributed by atoms with Gasteiger partial charge in [-0.1, -0.05) is 30.7 Å². The van der Waals surface area contributed by atoms with Gasteiger partial charge in [0.05, 0.1) is 7.11 Å². The predicted molar refractivity (Wildman–Crippen MR) is 127 cm³/mol. The van der Waals surface area contributed by atoms with Crippen LogP contribution < -0.4 is 10.6 Å². The number of hydrogen-bond acceptors (Lipinski definition) is 6. The topological polar surface area (TPSA) is 114 Å². The molecule has 34 heavy (non-hydrogen) atoms. The fraction of sp³-hybridized carbons (Fsp3) is 0.600. The number of aryl methyl sites for hydroxylation is 2. The Morgan fingerprint density at radius 3 is 2.32 bits per heavy atom. The van der Waals surface area contributed by atoms with Gasteiger partial charge in [0.1, 0.15) is 24.2 Å². The molecule has 1 fully saturated rings. The number of esters is 1. The number of rotatable bonds is 8. The van der Waals surface area contributed by atoms with Gasteiger partial charge in [0, 0.05) is 6.04 Å². The van der Waals surface area contributed by atoms with Crippen LogP contribution in [0.2, 0.25) is 0 Å². The van der Waals surface area contributed by atoms with Gasteiger partial charge in [-0.15, -0.1) is 0 Å². The number of nitrogens with zero attached hydrogens (tertiary/aromatic N) is 1. The average Bonchev–Trinajstić information content (AvgIpc) is 3.45. The number of hydrogen-bond donors (Lipinski definition) is 2. The quantitative estimate of drug-likeness (QED) is 0.559. The summed E-state index contributed by atoms with van der Waals surface area (Å²) in [5.41, 5.74) is 1.72. The lowest BCUT2D eigenvalue weighted by atomic mass is 9.96. The van der Waals surface area contributed by atoms with Crippen molar-refractivity contribution in [2.45, 2.75) is 78.6 Å². The summed E-state index contributed by atoms with van der Waals surface area (Å²) in [6.07, 6.45) is 0.0202. The number of carbonyl (C=O) groups is 4. The van der Waals surface area contributed by atoms with E-state index in [9.17, 15) is 19.2 Å². The van der Waals surface area contributed by atoms with Crippen LogP contribution in [-0.2, 0) is 23.9 Å². The first-order valence-electron chi connectivity index (χ1n) is 11.5. The lowest BCUT2D eigenvalue weighted by molar-refractivity contribution is -0.145. The number of nitrogens with one attached hydrogen (secondary N) is 2. The molecule has 4 atom stereocenters. The van der Waals surface area contributed by atoms with Crippen LogP contribution in [0.1, 0.15) is 63.8 Å². The van der Waals surface area contributed by atoms with Gasteiger partial charge >= 0.3 is 12.1 Å². The van der Waals surface area contributed by atoms with Gasteiger partial charge < -0.3 is 25.0 Å². The third kappa shape index (κ3) is 7.20. The number of ether oxygens (including phenoxy) is 2. The summed E-state index contributed by atoms with van der Waals surface area (Å²) in [5.74, 6) is -1.29. The number of amides is 3. The molecule has 1 aliphatic carbocycles. The molecule has 1 aliphatic rings. The third-order valence-electron chi connectivity index (χ3n) is 5.67.